The van der Waals surface area contributed by atoms with Gasteiger partial charge < -0.3 is 4.74 Å². The molecule has 1 aromatic rings. The van der Waals surface area contributed by atoms with E-state index >= 15 is 0 Å². The van der Waals surface area contributed by atoms with Crippen LogP contribution in [0.15, 0.2) is 24.3 Å². The van der Waals surface area contributed by atoms with Crippen LogP contribution in [0.1, 0.15) is 70.8 Å². The third-order valence-corrected chi connectivity index (χ3v) is 4.99. The van der Waals surface area contributed by atoms with Gasteiger partial charge in [0, 0.05) is 0 Å². The fourth-order valence-corrected chi connectivity index (χ4v) is 3.22. The summed E-state index contributed by atoms with van der Waals surface area (Å²) in [5.41, 5.74) is -0.0578. The van der Waals surface area contributed by atoms with E-state index in [1.54, 1.807) is 13.0 Å². The summed E-state index contributed by atoms with van der Waals surface area (Å²) in [4.78, 5) is 0. The first kappa shape index (κ1) is 20.0. The number of aryl methyl sites for hydroxylation is 1. The summed E-state index contributed by atoms with van der Waals surface area (Å²) in [6.07, 6.45) is 10.0. The Bertz CT molecular complexity index is 540. The van der Waals surface area contributed by atoms with E-state index in [9.17, 15) is 8.42 Å². The van der Waals surface area contributed by atoms with Crippen molar-refractivity contribution >= 4 is 10.1 Å². The first-order valence-corrected chi connectivity index (χ1v) is 10.2. The van der Waals surface area contributed by atoms with Crippen LogP contribution in [0.3, 0.4) is 0 Å². The Kier molecular flexibility index (Phi) is 9.26. The number of rotatable bonds is 12. The van der Waals surface area contributed by atoms with Gasteiger partial charge in [-0.25, -0.2) is 0 Å². The van der Waals surface area contributed by atoms with Crippen molar-refractivity contribution in [1.29, 1.82) is 0 Å². The van der Waals surface area contributed by atoms with Crippen molar-refractivity contribution in [1.82, 2.24) is 0 Å². The van der Waals surface area contributed by atoms with E-state index in [4.69, 9.17) is 9.29 Å². The topological polar surface area (TPSA) is 63.6 Å². The zero-order valence-corrected chi connectivity index (χ0v) is 15.1. The molecule has 132 valence electrons. The fraction of sp³-hybridized carbons (Fsp3) is 0.667. The second kappa shape index (κ2) is 10.7. The van der Waals surface area contributed by atoms with E-state index in [0.717, 1.165) is 18.4 Å². The molecular weight excluding hydrogens is 312 g/mol. The molecule has 0 aliphatic heterocycles. The fourth-order valence-electron chi connectivity index (χ4n) is 2.57. The van der Waals surface area contributed by atoms with Gasteiger partial charge in [-0.05, 0) is 37.0 Å². The lowest BCUT2D eigenvalue weighted by atomic mass is 10.0. The molecule has 0 spiro atoms. The molecule has 4 nitrogen and oxygen atoms in total. The highest BCUT2D eigenvalue weighted by atomic mass is 32.2. The lowest BCUT2D eigenvalue weighted by Gasteiger charge is -2.15. The molecule has 0 saturated heterocycles. The van der Waals surface area contributed by atoms with Gasteiger partial charge in [-0.1, -0.05) is 64.5 Å². The maximum atomic E-state index is 11.2. The molecule has 0 bridgehead atoms. The summed E-state index contributed by atoms with van der Waals surface area (Å²) in [6, 6.07) is 7.48. The van der Waals surface area contributed by atoms with Gasteiger partial charge >= 0.3 is 10.1 Å². The van der Waals surface area contributed by atoms with Gasteiger partial charge in [0.25, 0.3) is 0 Å². The van der Waals surface area contributed by atoms with Gasteiger partial charge in [-0.2, -0.15) is 8.42 Å². The monoisotopic (exact) mass is 342 g/mol. The zero-order valence-electron chi connectivity index (χ0n) is 14.3. The second-order valence-electron chi connectivity index (χ2n) is 5.99. The SMILES string of the molecule is CCCCCCCCCc1cccc(OC(CC)S(=O)(=O)O)c1. The summed E-state index contributed by atoms with van der Waals surface area (Å²) < 4.78 is 36.9. The summed E-state index contributed by atoms with van der Waals surface area (Å²) in [6.45, 7) is 3.89. The van der Waals surface area contributed by atoms with Gasteiger partial charge in [0.2, 0.25) is 5.44 Å². The molecule has 5 heteroatoms. The van der Waals surface area contributed by atoms with Crippen LogP contribution in [-0.2, 0) is 16.5 Å². The maximum Gasteiger partial charge on any atom is 0.303 e. The lowest BCUT2D eigenvalue weighted by molar-refractivity contribution is 0.252. The van der Waals surface area contributed by atoms with Crippen LogP contribution in [0.2, 0.25) is 0 Å². The number of benzene rings is 1. The van der Waals surface area contributed by atoms with E-state index in [-0.39, 0.29) is 6.42 Å². The van der Waals surface area contributed by atoms with Crippen LogP contribution in [0.5, 0.6) is 5.75 Å². The van der Waals surface area contributed by atoms with Crippen LogP contribution < -0.4 is 4.74 Å². The van der Waals surface area contributed by atoms with Gasteiger partial charge in [-0.15, -0.1) is 0 Å². The molecule has 1 N–H and O–H groups in total. The van der Waals surface area contributed by atoms with E-state index in [0.29, 0.717) is 5.75 Å². The van der Waals surface area contributed by atoms with Gasteiger partial charge in [0.1, 0.15) is 5.75 Å². The normalized spacial score (nSPS) is 13.0. The summed E-state index contributed by atoms with van der Waals surface area (Å²) in [5, 5.41) is 0. The largest absolute Gasteiger partial charge is 0.472 e. The Morgan fingerprint density at radius 3 is 2.30 bits per heavy atom. The Labute approximate surface area is 141 Å². The molecular formula is C18H30O4S. The molecule has 1 rings (SSSR count). The van der Waals surface area contributed by atoms with Crippen molar-refractivity contribution in [2.75, 3.05) is 0 Å². The van der Waals surface area contributed by atoms with Crippen molar-refractivity contribution in [3.8, 4) is 5.75 Å². The minimum absolute atomic E-state index is 0.209. The van der Waals surface area contributed by atoms with Gasteiger partial charge in [-0.3, -0.25) is 4.55 Å². The Balaban J connectivity index is 2.41. The summed E-state index contributed by atoms with van der Waals surface area (Å²) in [5.74, 6) is 0.495. The Hall–Kier alpha value is -1.07. The van der Waals surface area contributed by atoms with Crippen molar-refractivity contribution < 1.29 is 17.7 Å². The second-order valence-corrected chi connectivity index (χ2v) is 7.55. The minimum Gasteiger partial charge on any atom is -0.472 e. The molecule has 1 unspecified atom stereocenters. The maximum absolute atomic E-state index is 11.2. The third-order valence-electron chi connectivity index (χ3n) is 3.90. The molecule has 0 fully saturated rings. The van der Waals surface area contributed by atoms with Crippen molar-refractivity contribution in [3.05, 3.63) is 29.8 Å². The minimum atomic E-state index is -4.18. The molecule has 0 aromatic heterocycles. The number of hydrogen-bond donors (Lipinski definition) is 1. The average molecular weight is 343 g/mol. The standard InChI is InChI=1S/C18H30O4S/c1-3-5-6-7-8-9-10-12-16-13-11-14-17(15-16)22-18(4-2)23(19,20)21/h11,13-15,18H,3-10,12H2,1-2H3,(H,19,20,21). The number of ether oxygens (including phenoxy) is 1. The Morgan fingerprint density at radius 1 is 1.04 bits per heavy atom. The molecule has 0 radical (unpaired) electrons. The molecule has 1 atom stereocenters. The van der Waals surface area contributed by atoms with Crippen LogP contribution in [0.25, 0.3) is 0 Å². The molecule has 0 saturated carbocycles. The van der Waals surface area contributed by atoms with E-state index in [1.165, 1.54) is 38.5 Å². The van der Waals surface area contributed by atoms with Gasteiger partial charge in [0.05, 0.1) is 0 Å². The highest BCUT2D eigenvalue weighted by molar-refractivity contribution is 7.86. The van der Waals surface area contributed by atoms with Crippen molar-refractivity contribution in [3.63, 3.8) is 0 Å². The molecule has 0 heterocycles. The van der Waals surface area contributed by atoms with Crippen LogP contribution in [-0.4, -0.2) is 18.4 Å². The molecule has 0 amide bonds. The van der Waals surface area contributed by atoms with E-state index < -0.39 is 15.6 Å². The molecule has 0 aliphatic carbocycles. The summed E-state index contributed by atoms with van der Waals surface area (Å²) >= 11 is 0. The quantitative estimate of drug-likeness (QED) is 0.430. The van der Waals surface area contributed by atoms with E-state index in [2.05, 4.69) is 6.92 Å². The van der Waals surface area contributed by atoms with Crippen LogP contribution in [0, 0.1) is 0 Å². The first-order valence-electron chi connectivity index (χ1n) is 8.69. The highest BCUT2D eigenvalue weighted by Gasteiger charge is 2.22. The lowest BCUT2D eigenvalue weighted by Crippen LogP contribution is -2.26. The number of hydrogen-bond acceptors (Lipinski definition) is 3. The predicted octanol–water partition coefficient (Wildman–Crippen LogP) is 4.98. The van der Waals surface area contributed by atoms with Crippen molar-refractivity contribution in [2.45, 2.75) is 77.1 Å². The zero-order chi connectivity index (χ0) is 17.1. The highest BCUT2D eigenvalue weighted by Crippen LogP contribution is 2.19. The number of unbranched alkanes of at least 4 members (excludes halogenated alkanes) is 6. The van der Waals surface area contributed by atoms with Crippen LogP contribution in [0.4, 0.5) is 0 Å². The van der Waals surface area contributed by atoms with Crippen LogP contribution >= 0.6 is 0 Å². The molecule has 0 aliphatic rings. The molecule has 1 aromatic carbocycles. The predicted molar refractivity (Wildman–Crippen MR) is 94.4 cm³/mol. The molecule has 23 heavy (non-hydrogen) atoms. The Morgan fingerprint density at radius 2 is 1.70 bits per heavy atom. The smallest absolute Gasteiger partial charge is 0.303 e. The van der Waals surface area contributed by atoms with E-state index in [1.807, 2.05) is 18.2 Å². The first-order chi connectivity index (χ1) is 11.0. The summed E-state index contributed by atoms with van der Waals surface area (Å²) in [7, 11) is -4.18. The van der Waals surface area contributed by atoms with Gasteiger partial charge in [0.15, 0.2) is 0 Å². The van der Waals surface area contributed by atoms with Crippen molar-refractivity contribution in [2.24, 2.45) is 0 Å². The third kappa shape index (κ3) is 8.37. The average Bonchev–Trinajstić information content (AvgIpc) is 2.51.